The number of nitrogens with zero attached hydrogens (tertiary/aromatic N) is 4. The molecule has 158 valence electrons. The number of β-amino-alcohol motifs (C(OH)–C–C–N with tert-alkyl or cyclic N) is 1. The predicted octanol–water partition coefficient (Wildman–Crippen LogP) is 1.38. The molecule has 3 aliphatic rings. The molecule has 1 aromatic rings. The van der Waals surface area contributed by atoms with Gasteiger partial charge >= 0.3 is 0 Å². The summed E-state index contributed by atoms with van der Waals surface area (Å²) in [5.74, 6) is 0.636. The maximum absolute atomic E-state index is 13.1. The monoisotopic (exact) mass is 400 g/mol. The number of anilines is 1. The molecule has 2 saturated heterocycles. The predicted molar refractivity (Wildman–Crippen MR) is 110 cm³/mol. The van der Waals surface area contributed by atoms with Crippen molar-refractivity contribution in [2.75, 3.05) is 44.2 Å². The molecule has 1 N–H and O–H groups in total. The maximum atomic E-state index is 13.1. The van der Waals surface area contributed by atoms with Crippen LogP contribution < -0.4 is 4.90 Å². The van der Waals surface area contributed by atoms with Crippen LogP contribution in [0.5, 0.6) is 0 Å². The third kappa shape index (κ3) is 3.34. The van der Waals surface area contributed by atoms with Crippen molar-refractivity contribution in [3.05, 3.63) is 24.4 Å². The molecule has 1 saturated carbocycles. The highest BCUT2D eigenvalue weighted by molar-refractivity contribution is 6.03. The lowest BCUT2D eigenvalue weighted by atomic mass is 9.62. The summed E-state index contributed by atoms with van der Waals surface area (Å²) in [5.41, 5.74) is -0.829. The summed E-state index contributed by atoms with van der Waals surface area (Å²) in [7, 11) is 0. The number of fused-ring (bicyclic) bond motifs is 2. The van der Waals surface area contributed by atoms with Gasteiger partial charge in [0.1, 0.15) is 5.82 Å². The molecule has 3 unspecified atom stereocenters. The van der Waals surface area contributed by atoms with E-state index in [9.17, 15) is 14.7 Å². The fourth-order valence-corrected chi connectivity index (χ4v) is 5.34. The minimum Gasteiger partial charge on any atom is -0.390 e. The Morgan fingerprint density at radius 2 is 1.86 bits per heavy atom. The van der Waals surface area contributed by atoms with E-state index < -0.39 is 11.5 Å². The van der Waals surface area contributed by atoms with E-state index in [4.69, 9.17) is 0 Å². The Morgan fingerprint density at radius 3 is 2.52 bits per heavy atom. The van der Waals surface area contributed by atoms with Gasteiger partial charge in [-0.05, 0) is 30.4 Å². The molecule has 7 heteroatoms. The molecule has 1 aromatic heterocycles. The van der Waals surface area contributed by atoms with Crippen LogP contribution in [-0.2, 0) is 9.59 Å². The standard InChI is InChI=1S/C22H32N4O3/c1-21(2)17-7-8-22(21,3)20(29)26(19(17)28)15-16(27)14-24-10-12-25(13-11-24)18-6-4-5-9-23-18/h4-6,9,16-17,27H,7-8,10-15H2,1-3H3. The lowest BCUT2D eigenvalue weighted by Gasteiger charge is -2.48. The number of amides is 2. The first-order valence-corrected chi connectivity index (χ1v) is 10.7. The number of aliphatic hydroxyl groups excluding tert-OH is 1. The normalized spacial score (nSPS) is 30.7. The molecule has 1 aliphatic carbocycles. The van der Waals surface area contributed by atoms with Crippen LogP contribution in [0.25, 0.3) is 0 Å². The first-order valence-electron chi connectivity index (χ1n) is 10.7. The third-order valence-electron chi connectivity index (χ3n) is 7.72. The van der Waals surface area contributed by atoms with Gasteiger partial charge in [-0.1, -0.05) is 26.8 Å². The van der Waals surface area contributed by atoms with Crippen molar-refractivity contribution in [3.63, 3.8) is 0 Å². The zero-order valence-corrected chi connectivity index (χ0v) is 17.7. The van der Waals surface area contributed by atoms with Gasteiger partial charge in [-0.3, -0.25) is 19.4 Å². The van der Waals surface area contributed by atoms with E-state index >= 15 is 0 Å². The first kappa shape index (κ1) is 20.3. The summed E-state index contributed by atoms with van der Waals surface area (Å²) < 4.78 is 0. The van der Waals surface area contributed by atoms with Crippen molar-refractivity contribution >= 4 is 17.6 Å². The highest BCUT2D eigenvalue weighted by Crippen LogP contribution is 2.60. The van der Waals surface area contributed by atoms with Crippen LogP contribution in [0.4, 0.5) is 5.82 Å². The number of aromatic nitrogens is 1. The average molecular weight is 401 g/mol. The number of carbonyl (C=O) groups is 2. The molecule has 2 bridgehead atoms. The van der Waals surface area contributed by atoms with Gasteiger partial charge in [0, 0.05) is 44.8 Å². The lowest BCUT2D eigenvalue weighted by Crippen LogP contribution is -2.61. The summed E-state index contributed by atoms with van der Waals surface area (Å²) in [6.07, 6.45) is 2.58. The minimum atomic E-state index is -0.728. The number of piperazine rings is 1. The smallest absolute Gasteiger partial charge is 0.235 e. The summed E-state index contributed by atoms with van der Waals surface area (Å²) in [5, 5.41) is 10.7. The van der Waals surface area contributed by atoms with Crippen LogP contribution in [0.15, 0.2) is 24.4 Å². The van der Waals surface area contributed by atoms with E-state index in [1.54, 1.807) is 6.20 Å². The summed E-state index contributed by atoms with van der Waals surface area (Å²) >= 11 is 0. The number of rotatable bonds is 5. The number of likely N-dealkylation sites (tertiary alicyclic amines) is 1. The van der Waals surface area contributed by atoms with E-state index in [2.05, 4.69) is 14.8 Å². The van der Waals surface area contributed by atoms with Gasteiger partial charge in [0.15, 0.2) is 0 Å². The molecule has 0 radical (unpaired) electrons. The topological polar surface area (TPSA) is 77.0 Å². The highest BCUT2D eigenvalue weighted by atomic mass is 16.3. The molecule has 2 aliphatic heterocycles. The van der Waals surface area contributed by atoms with Gasteiger partial charge in [-0.15, -0.1) is 0 Å². The summed E-state index contributed by atoms with van der Waals surface area (Å²) in [6.45, 7) is 9.96. The number of hydrogen-bond donors (Lipinski definition) is 1. The zero-order valence-electron chi connectivity index (χ0n) is 17.7. The Morgan fingerprint density at radius 1 is 1.14 bits per heavy atom. The van der Waals surface area contributed by atoms with Gasteiger partial charge in [-0.2, -0.15) is 0 Å². The SMILES string of the molecule is CC12CCC(C(=O)N(CC(O)CN3CCN(c4ccccn4)CC3)C1=O)C2(C)C. The van der Waals surface area contributed by atoms with Gasteiger partial charge < -0.3 is 10.0 Å². The molecule has 0 aromatic carbocycles. The number of hydrogen-bond acceptors (Lipinski definition) is 6. The van der Waals surface area contributed by atoms with Gasteiger partial charge in [-0.25, -0.2) is 4.98 Å². The maximum Gasteiger partial charge on any atom is 0.235 e. The quantitative estimate of drug-likeness (QED) is 0.753. The summed E-state index contributed by atoms with van der Waals surface area (Å²) in [4.78, 5) is 36.2. The first-order chi connectivity index (χ1) is 13.7. The Bertz CT molecular complexity index is 776. The molecule has 29 heavy (non-hydrogen) atoms. The second kappa shape index (κ2) is 7.36. The van der Waals surface area contributed by atoms with Crippen LogP contribution in [0, 0.1) is 16.7 Å². The average Bonchev–Trinajstić information content (AvgIpc) is 2.90. The van der Waals surface area contributed by atoms with E-state index in [1.807, 2.05) is 39.0 Å². The van der Waals surface area contributed by atoms with Gasteiger partial charge in [0.25, 0.3) is 0 Å². The van der Waals surface area contributed by atoms with Crippen LogP contribution >= 0.6 is 0 Å². The Kier molecular flexibility index (Phi) is 5.15. The summed E-state index contributed by atoms with van der Waals surface area (Å²) in [6, 6.07) is 5.90. The van der Waals surface area contributed by atoms with E-state index in [0.29, 0.717) is 6.54 Å². The minimum absolute atomic E-state index is 0.0975. The largest absolute Gasteiger partial charge is 0.390 e. The fourth-order valence-electron chi connectivity index (χ4n) is 5.34. The molecule has 7 nitrogen and oxygen atoms in total. The van der Waals surface area contributed by atoms with Crippen LogP contribution in [0.2, 0.25) is 0 Å². The van der Waals surface area contributed by atoms with Gasteiger partial charge in [0.05, 0.1) is 18.1 Å². The molecular weight excluding hydrogens is 368 g/mol. The fraction of sp³-hybridized carbons (Fsp3) is 0.682. The Balaban J connectivity index is 1.33. The molecule has 3 fully saturated rings. The Hall–Kier alpha value is -1.99. The number of aliphatic hydroxyl groups is 1. The number of piperidine rings is 1. The molecular formula is C22H32N4O3. The van der Waals surface area contributed by atoms with Crippen molar-refractivity contribution in [1.82, 2.24) is 14.8 Å². The van der Waals surface area contributed by atoms with Crippen LogP contribution in [0.1, 0.15) is 33.6 Å². The van der Waals surface area contributed by atoms with E-state index in [0.717, 1.165) is 44.8 Å². The molecule has 4 rings (SSSR count). The second-order valence-corrected chi connectivity index (χ2v) is 9.53. The van der Waals surface area contributed by atoms with Crippen molar-refractivity contribution in [2.24, 2.45) is 16.7 Å². The second-order valence-electron chi connectivity index (χ2n) is 9.53. The third-order valence-corrected chi connectivity index (χ3v) is 7.72. The molecule has 3 atom stereocenters. The molecule has 2 amide bonds. The van der Waals surface area contributed by atoms with Gasteiger partial charge in [0.2, 0.25) is 11.8 Å². The van der Waals surface area contributed by atoms with E-state index in [-0.39, 0.29) is 29.7 Å². The van der Waals surface area contributed by atoms with Crippen molar-refractivity contribution < 1.29 is 14.7 Å². The number of pyridine rings is 1. The van der Waals surface area contributed by atoms with Crippen molar-refractivity contribution in [2.45, 2.75) is 39.7 Å². The molecule has 3 heterocycles. The van der Waals surface area contributed by atoms with Crippen LogP contribution in [-0.4, -0.2) is 77.1 Å². The number of carbonyl (C=O) groups excluding carboxylic acids is 2. The van der Waals surface area contributed by atoms with E-state index in [1.165, 1.54) is 4.90 Å². The van der Waals surface area contributed by atoms with Crippen molar-refractivity contribution in [3.8, 4) is 0 Å². The number of imide groups is 1. The van der Waals surface area contributed by atoms with Crippen molar-refractivity contribution in [1.29, 1.82) is 0 Å². The van der Waals surface area contributed by atoms with Crippen LogP contribution in [0.3, 0.4) is 0 Å². The molecule has 0 spiro atoms. The lowest BCUT2D eigenvalue weighted by molar-refractivity contribution is -0.169. The highest BCUT2D eigenvalue weighted by Gasteiger charge is 2.64. The zero-order chi connectivity index (χ0) is 20.8. The Labute approximate surface area is 172 Å².